The molecule has 28 heavy (non-hydrogen) atoms. The molecule has 0 fully saturated rings. The Hall–Kier alpha value is -1.90. The van der Waals surface area contributed by atoms with E-state index >= 15 is 0 Å². The van der Waals surface area contributed by atoms with Crippen molar-refractivity contribution in [3.63, 3.8) is 0 Å². The first-order valence-corrected chi connectivity index (χ1v) is 12.9. The molecule has 2 aromatic heterocycles. The average Bonchev–Trinajstić information content (AvgIpc) is 3.00. The van der Waals surface area contributed by atoms with Crippen LogP contribution >= 0.6 is 11.6 Å². The number of rotatable bonds is 6. The number of ether oxygens (including phenoxy) is 1. The fourth-order valence-electron chi connectivity index (χ4n) is 2.87. The van der Waals surface area contributed by atoms with Crippen LogP contribution < -0.4 is 0 Å². The third kappa shape index (κ3) is 4.74. The van der Waals surface area contributed by atoms with Gasteiger partial charge in [-0.1, -0.05) is 37.8 Å². The predicted octanol–water partition coefficient (Wildman–Crippen LogP) is 6.08. The molecule has 0 aliphatic rings. The minimum absolute atomic E-state index is 0.232. The van der Waals surface area contributed by atoms with Crippen molar-refractivity contribution in [3.8, 4) is 11.3 Å². The largest absolute Gasteiger partial charge is 0.419 e. The number of para-hydroxylation sites is 1. The van der Waals surface area contributed by atoms with E-state index in [1.165, 1.54) is 0 Å². The Balaban J connectivity index is 2.02. The second-order valence-corrected chi connectivity index (χ2v) is 13.7. The monoisotopic (exact) mass is 427 g/mol. The van der Waals surface area contributed by atoms with Crippen LogP contribution in [0.25, 0.3) is 22.2 Å². The molecule has 0 radical (unpaired) electrons. The Bertz CT molecular complexity index is 983. The molecule has 3 aromatic rings. The lowest BCUT2D eigenvalue weighted by Gasteiger charge is -2.17. The van der Waals surface area contributed by atoms with Crippen molar-refractivity contribution in [1.29, 1.82) is 0 Å². The summed E-state index contributed by atoms with van der Waals surface area (Å²) in [6.07, 6.45) is -2.06. The van der Waals surface area contributed by atoms with Gasteiger partial charge in [0.15, 0.2) is 0 Å². The van der Waals surface area contributed by atoms with Crippen LogP contribution in [-0.4, -0.2) is 29.2 Å². The van der Waals surface area contributed by atoms with Gasteiger partial charge in [-0.25, -0.2) is 9.97 Å². The van der Waals surface area contributed by atoms with E-state index in [9.17, 15) is 13.2 Å². The second-order valence-electron chi connectivity index (χ2n) is 7.78. The van der Waals surface area contributed by atoms with Gasteiger partial charge in [0, 0.05) is 38.0 Å². The van der Waals surface area contributed by atoms with Crippen LogP contribution in [0.1, 0.15) is 5.56 Å². The molecule has 2 heterocycles. The fraction of sp³-hybridized carbons (Fsp3) is 0.368. The molecule has 0 bridgehead atoms. The molecule has 1 aromatic carbocycles. The van der Waals surface area contributed by atoms with Crippen LogP contribution in [0.2, 0.25) is 31.0 Å². The molecule has 0 aliphatic heterocycles. The SMILES string of the molecule is C[Si](C)(C)CCOCn1ccc2cccc(-c3nc(Cl)ncc3C(F)(F)F)c21. The number of aromatic nitrogens is 3. The highest BCUT2D eigenvalue weighted by Crippen LogP contribution is 2.38. The Morgan fingerprint density at radius 3 is 2.61 bits per heavy atom. The smallest absolute Gasteiger partial charge is 0.361 e. The topological polar surface area (TPSA) is 39.9 Å². The van der Waals surface area contributed by atoms with Gasteiger partial charge in [-0.2, -0.15) is 13.2 Å². The van der Waals surface area contributed by atoms with Crippen molar-refractivity contribution in [2.24, 2.45) is 0 Å². The maximum atomic E-state index is 13.5. The molecular weight excluding hydrogens is 407 g/mol. The zero-order chi connectivity index (χ0) is 20.5. The summed E-state index contributed by atoms with van der Waals surface area (Å²) in [5, 5.41) is 0.568. The number of hydrogen-bond donors (Lipinski definition) is 0. The summed E-state index contributed by atoms with van der Waals surface area (Å²) in [6.45, 7) is 7.65. The summed E-state index contributed by atoms with van der Waals surface area (Å²) in [4.78, 5) is 7.41. The Morgan fingerprint density at radius 2 is 1.93 bits per heavy atom. The number of alkyl halides is 3. The average molecular weight is 428 g/mol. The highest BCUT2D eigenvalue weighted by atomic mass is 35.5. The summed E-state index contributed by atoms with van der Waals surface area (Å²) in [5.41, 5.74) is -0.194. The highest BCUT2D eigenvalue weighted by molar-refractivity contribution is 6.76. The van der Waals surface area contributed by atoms with Gasteiger partial charge in [-0.05, 0) is 23.7 Å². The quantitative estimate of drug-likeness (QED) is 0.272. The standard InChI is InChI=1S/C19H21ClF3N3OSi/c1-28(2,3)10-9-27-12-26-8-7-13-5-4-6-14(17(13)26)16-15(19(21,22)23)11-24-18(20)25-16/h4-8,11H,9-10,12H2,1-3H3. The number of benzene rings is 1. The minimum atomic E-state index is -4.59. The number of fused-ring (bicyclic) bond motifs is 1. The Labute approximate surface area is 167 Å². The van der Waals surface area contributed by atoms with E-state index in [4.69, 9.17) is 16.3 Å². The van der Waals surface area contributed by atoms with Crippen LogP contribution in [0.4, 0.5) is 13.2 Å². The van der Waals surface area contributed by atoms with Crippen LogP contribution in [0.5, 0.6) is 0 Å². The molecule has 0 atom stereocenters. The molecule has 0 spiro atoms. The first-order valence-electron chi connectivity index (χ1n) is 8.82. The second kappa shape index (κ2) is 7.85. The van der Waals surface area contributed by atoms with Gasteiger partial charge in [0.1, 0.15) is 12.3 Å². The van der Waals surface area contributed by atoms with Gasteiger partial charge >= 0.3 is 6.18 Å². The van der Waals surface area contributed by atoms with Crippen molar-refractivity contribution in [3.05, 3.63) is 47.5 Å². The van der Waals surface area contributed by atoms with E-state index in [0.29, 0.717) is 17.7 Å². The summed E-state index contributed by atoms with van der Waals surface area (Å²) in [5.74, 6) is 0. The molecule has 0 N–H and O–H groups in total. The molecule has 4 nitrogen and oxygen atoms in total. The predicted molar refractivity (Wildman–Crippen MR) is 107 cm³/mol. The Morgan fingerprint density at radius 1 is 1.18 bits per heavy atom. The lowest BCUT2D eigenvalue weighted by Crippen LogP contribution is -2.22. The van der Waals surface area contributed by atoms with Gasteiger partial charge < -0.3 is 9.30 Å². The Kier molecular flexibility index (Phi) is 5.83. The normalized spacial score (nSPS) is 12.7. The minimum Gasteiger partial charge on any atom is -0.361 e. The van der Waals surface area contributed by atoms with Gasteiger partial charge in [0.25, 0.3) is 0 Å². The zero-order valence-corrected chi connectivity index (χ0v) is 17.6. The molecule has 150 valence electrons. The molecule has 9 heteroatoms. The van der Waals surface area contributed by atoms with E-state index < -0.39 is 19.8 Å². The van der Waals surface area contributed by atoms with E-state index in [1.54, 1.807) is 22.9 Å². The van der Waals surface area contributed by atoms with Crippen LogP contribution in [0.3, 0.4) is 0 Å². The molecule has 0 saturated heterocycles. The summed E-state index contributed by atoms with van der Waals surface area (Å²) in [6, 6.07) is 8.00. The number of hydrogen-bond acceptors (Lipinski definition) is 3. The van der Waals surface area contributed by atoms with Gasteiger partial charge in [-0.15, -0.1) is 0 Å². The van der Waals surface area contributed by atoms with E-state index in [-0.39, 0.29) is 17.7 Å². The highest BCUT2D eigenvalue weighted by Gasteiger charge is 2.36. The van der Waals surface area contributed by atoms with Crippen molar-refractivity contribution >= 4 is 30.6 Å². The zero-order valence-electron chi connectivity index (χ0n) is 15.8. The lowest BCUT2D eigenvalue weighted by molar-refractivity contribution is -0.137. The molecule has 0 saturated carbocycles. The molecule has 0 amide bonds. The van der Waals surface area contributed by atoms with Crippen molar-refractivity contribution < 1.29 is 17.9 Å². The van der Waals surface area contributed by atoms with Gasteiger partial charge in [-0.3, -0.25) is 0 Å². The third-order valence-electron chi connectivity index (χ3n) is 4.34. The molecule has 3 rings (SSSR count). The van der Waals surface area contributed by atoms with Crippen LogP contribution in [0, 0.1) is 0 Å². The molecular formula is C19H21ClF3N3OSi. The first kappa shape index (κ1) is 20.8. The maximum Gasteiger partial charge on any atom is 0.419 e. The third-order valence-corrected chi connectivity index (χ3v) is 6.22. The molecule has 0 unspecified atom stereocenters. The summed E-state index contributed by atoms with van der Waals surface area (Å²) < 4.78 is 48.1. The van der Waals surface area contributed by atoms with E-state index in [2.05, 4.69) is 29.6 Å². The molecule has 0 aliphatic carbocycles. The lowest BCUT2D eigenvalue weighted by atomic mass is 10.0. The van der Waals surface area contributed by atoms with Gasteiger partial charge in [0.05, 0.1) is 11.2 Å². The van der Waals surface area contributed by atoms with Crippen LogP contribution in [-0.2, 0) is 17.6 Å². The maximum absolute atomic E-state index is 13.5. The first-order chi connectivity index (χ1) is 13.1. The van der Waals surface area contributed by atoms with Gasteiger partial charge in [0.2, 0.25) is 5.28 Å². The van der Waals surface area contributed by atoms with Crippen molar-refractivity contribution in [2.45, 2.75) is 38.6 Å². The van der Waals surface area contributed by atoms with E-state index in [0.717, 1.165) is 17.6 Å². The summed E-state index contributed by atoms with van der Waals surface area (Å²) in [7, 11) is -1.22. The van der Waals surface area contributed by atoms with E-state index in [1.807, 2.05) is 12.1 Å². The van der Waals surface area contributed by atoms with Crippen LogP contribution in [0.15, 0.2) is 36.7 Å². The number of nitrogens with zero attached hydrogens (tertiary/aromatic N) is 3. The number of halogens is 4. The fourth-order valence-corrected chi connectivity index (χ4v) is 3.76. The van der Waals surface area contributed by atoms with Crippen molar-refractivity contribution in [1.82, 2.24) is 14.5 Å². The van der Waals surface area contributed by atoms with Crippen molar-refractivity contribution in [2.75, 3.05) is 6.61 Å². The summed E-state index contributed by atoms with van der Waals surface area (Å²) >= 11 is 5.81.